The van der Waals surface area contributed by atoms with Crippen LogP contribution in [0, 0.1) is 6.92 Å². The van der Waals surface area contributed by atoms with Gasteiger partial charge in [0.25, 0.3) is 0 Å². The van der Waals surface area contributed by atoms with Gasteiger partial charge in [0.2, 0.25) is 0 Å². The third kappa shape index (κ3) is 4.22. The van der Waals surface area contributed by atoms with Crippen molar-refractivity contribution in [3.05, 3.63) is 77.5 Å². The average Bonchev–Trinajstić information content (AvgIpc) is 2.47. The summed E-state index contributed by atoms with van der Waals surface area (Å²) in [5.74, 6) is -0.223. The normalized spacial score (nSPS) is 11.6. The molecule has 0 aliphatic heterocycles. The molecule has 0 unspecified atom stereocenters. The lowest BCUT2D eigenvalue weighted by Crippen LogP contribution is -2.05. The SMILES string of the molecule is Cc1ccc(C(=O)C=CNc2cccc(C(F)(F)F)c2)cc1. The number of carbonyl (C=O) groups excluding carboxylic acids is 1. The molecule has 22 heavy (non-hydrogen) atoms. The van der Waals surface area contributed by atoms with Crippen molar-refractivity contribution in [1.82, 2.24) is 0 Å². The number of hydrogen-bond donors (Lipinski definition) is 1. The Kier molecular flexibility index (Phi) is 4.65. The molecule has 2 aromatic rings. The maximum atomic E-state index is 12.6. The summed E-state index contributed by atoms with van der Waals surface area (Å²) in [5.41, 5.74) is 1.09. The molecule has 2 nitrogen and oxygen atoms in total. The van der Waals surface area contributed by atoms with Gasteiger partial charge in [-0.2, -0.15) is 13.2 Å². The van der Waals surface area contributed by atoms with Gasteiger partial charge in [-0.25, -0.2) is 0 Å². The third-order valence-electron chi connectivity index (χ3n) is 3.01. The van der Waals surface area contributed by atoms with Crippen molar-refractivity contribution in [2.75, 3.05) is 5.32 Å². The number of benzene rings is 2. The van der Waals surface area contributed by atoms with Crippen molar-refractivity contribution >= 4 is 11.5 Å². The number of halogens is 3. The minimum absolute atomic E-state index is 0.223. The summed E-state index contributed by atoms with van der Waals surface area (Å²) in [4.78, 5) is 11.9. The Morgan fingerprint density at radius 1 is 1.09 bits per heavy atom. The van der Waals surface area contributed by atoms with E-state index in [1.165, 1.54) is 24.4 Å². The summed E-state index contributed by atoms with van der Waals surface area (Å²) in [7, 11) is 0. The van der Waals surface area contributed by atoms with Gasteiger partial charge in [-0.3, -0.25) is 4.79 Å². The van der Waals surface area contributed by atoms with Gasteiger partial charge in [0.15, 0.2) is 5.78 Å². The minimum Gasteiger partial charge on any atom is -0.362 e. The van der Waals surface area contributed by atoms with Crippen molar-refractivity contribution in [2.24, 2.45) is 0 Å². The van der Waals surface area contributed by atoms with Gasteiger partial charge in [-0.15, -0.1) is 0 Å². The van der Waals surface area contributed by atoms with E-state index < -0.39 is 11.7 Å². The fourth-order valence-corrected chi connectivity index (χ4v) is 1.81. The van der Waals surface area contributed by atoms with Crippen molar-refractivity contribution in [3.8, 4) is 0 Å². The lowest BCUT2D eigenvalue weighted by atomic mass is 10.1. The molecule has 0 amide bonds. The zero-order valence-corrected chi connectivity index (χ0v) is 11.8. The van der Waals surface area contributed by atoms with Crippen LogP contribution in [0.3, 0.4) is 0 Å². The number of alkyl halides is 3. The van der Waals surface area contributed by atoms with E-state index in [1.807, 2.05) is 19.1 Å². The molecule has 1 N–H and O–H groups in total. The first-order valence-corrected chi connectivity index (χ1v) is 6.57. The van der Waals surface area contributed by atoms with Gasteiger partial charge < -0.3 is 5.32 Å². The Balaban J connectivity index is 2.03. The minimum atomic E-state index is -4.39. The summed E-state index contributed by atoms with van der Waals surface area (Å²) in [6.45, 7) is 1.92. The van der Waals surface area contributed by atoms with E-state index >= 15 is 0 Å². The molecule has 0 aliphatic carbocycles. The fraction of sp³-hybridized carbons (Fsp3) is 0.118. The van der Waals surface area contributed by atoms with E-state index in [0.29, 0.717) is 5.56 Å². The molecular weight excluding hydrogens is 291 g/mol. The molecule has 2 rings (SSSR count). The first-order valence-electron chi connectivity index (χ1n) is 6.57. The lowest BCUT2D eigenvalue weighted by molar-refractivity contribution is -0.137. The first-order chi connectivity index (χ1) is 10.4. The van der Waals surface area contributed by atoms with Gasteiger partial charge >= 0.3 is 6.18 Å². The summed E-state index contributed by atoms with van der Waals surface area (Å²) in [5, 5.41) is 2.67. The Bertz CT molecular complexity index is 688. The Morgan fingerprint density at radius 2 is 1.77 bits per heavy atom. The number of hydrogen-bond acceptors (Lipinski definition) is 2. The highest BCUT2D eigenvalue weighted by atomic mass is 19.4. The highest BCUT2D eigenvalue weighted by Crippen LogP contribution is 2.30. The second kappa shape index (κ2) is 6.47. The number of allylic oxidation sites excluding steroid dienone is 1. The molecule has 0 aromatic heterocycles. The van der Waals surface area contributed by atoms with Crippen LogP contribution >= 0.6 is 0 Å². The topological polar surface area (TPSA) is 29.1 Å². The quantitative estimate of drug-likeness (QED) is 0.648. The maximum Gasteiger partial charge on any atom is 0.416 e. The van der Waals surface area contributed by atoms with Crippen molar-refractivity contribution in [1.29, 1.82) is 0 Å². The van der Waals surface area contributed by atoms with Gasteiger partial charge in [-0.1, -0.05) is 35.9 Å². The molecule has 5 heteroatoms. The smallest absolute Gasteiger partial charge is 0.362 e. The predicted molar refractivity (Wildman–Crippen MR) is 79.7 cm³/mol. The van der Waals surface area contributed by atoms with E-state index in [2.05, 4.69) is 5.32 Å². The molecule has 0 saturated carbocycles. The van der Waals surface area contributed by atoms with Gasteiger partial charge in [0.05, 0.1) is 5.56 Å². The van der Waals surface area contributed by atoms with E-state index in [4.69, 9.17) is 0 Å². The van der Waals surface area contributed by atoms with Crippen LogP contribution < -0.4 is 5.32 Å². The van der Waals surface area contributed by atoms with Crippen LogP contribution in [0.5, 0.6) is 0 Å². The second-order valence-corrected chi connectivity index (χ2v) is 4.79. The summed E-state index contributed by atoms with van der Waals surface area (Å²) >= 11 is 0. The van der Waals surface area contributed by atoms with Crippen LogP contribution in [-0.2, 0) is 6.18 Å². The molecule has 2 aromatic carbocycles. The predicted octanol–water partition coefficient (Wildman–Crippen LogP) is 4.82. The number of nitrogens with one attached hydrogen (secondary N) is 1. The van der Waals surface area contributed by atoms with E-state index in [9.17, 15) is 18.0 Å². The molecule has 0 spiro atoms. The molecule has 0 atom stereocenters. The van der Waals surface area contributed by atoms with Crippen LogP contribution in [0.2, 0.25) is 0 Å². The largest absolute Gasteiger partial charge is 0.416 e. The van der Waals surface area contributed by atoms with Crippen LogP contribution in [-0.4, -0.2) is 5.78 Å². The lowest BCUT2D eigenvalue weighted by Gasteiger charge is -2.08. The first kappa shape index (κ1) is 15.8. The maximum absolute atomic E-state index is 12.6. The third-order valence-corrected chi connectivity index (χ3v) is 3.01. The Hall–Kier alpha value is -2.56. The van der Waals surface area contributed by atoms with Crippen molar-refractivity contribution in [2.45, 2.75) is 13.1 Å². The zero-order chi connectivity index (χ0) is 16.2. The summed E-state index contributed by atoms with van der Waals surface area (Å²) in [6, 6.07) is 11.8. The van der Waals surface area contributed by atoms with Crippen LogP contribution in [0.4, 0.5) is 18.9 Å². The number of anilines is 1. The molecule has 0 bridgehead atoms. The van der Waals surface area contributed by atoms with Crippen LogP contribution in [0.15, 0.2) is 60.8 Å². The van der Waals surface area contributed by atoms with Gasteiger partial charge in [-0.05, 0) is 25.1 Å². The molecule has 114 valence electrons. The van der Waals surface area contributed by atoms with Crippen LogP contribution in [0.1, 0.15) is 21.5 Å². The van der Waals surface area contributed by atoms with E-state index in [-0.39, 0.29) is 11.5 Å². The highest BCUT2D eigenvalue weighted by molar-refractivity contribution is 6.04. The number of aryl methyl sites for hydroxylation is 1. The molecule has 0 aliphatic rings. The second-order valence-electron chi connectivity index (χ2n) is 4.79. The number of rotatable bonds is 4. The zero-order valence-electron chi connectivity index (χ0n) is 11.8. The number of ketones is 1. The molecule has 0 saturated heterocycles. The summed E-state index contributed by atoms with van der Waals surface area (Å²) < 4.78 is 37.7. The molecule has 0 heterocycles. The number of carbonyl (C=O) groups is 1. The van der Waals surface area contributed by atoms with Crippen molar-refractivity contribution < 1.29 is 18.0 Å². The van der Waals surface area contributed by atoms with E-state index in [1.54, 1.807) is 12.1 Å². The van der Waals surface area contributed by atoms with Crippen LogP contribution in [0.25, 0.3) is 0 Å². The fourth-order valence-electron chi connectivity index (χ4n) is 1.81. The molecule has 0 fully saturated rings. The Labute approximate surface area is 126 Å². The highest BCUT2D eigenvalue weighted by Gasteiger charge is 2.30. The Morgan fingerprint density at radius 3 is 2.41 bits per heavy atom. The summed E-state index contributed by atoms with van der Waals surface area (Å²) in [6.07, 6.45) is -1.78. The van der Waals surface area contributed by atoms with E-state index in [0.717, 1.165) is 17.7 Å². The van der Waals surface area contributed by atoms with Crippen molar-refractivity contribution in [3.63, 3.8) is 0 Å². The van der Waals surface area contributed by atoms with Gasteiger partial charge in [0.1, 0.15) is 0 Å². The standard InChI is InChI=1S/C17H14F3NO/c1-12-5-7-13(8-6-12)16(22)9-10-21-15-4-2-3-14(11-15)17(18,19)20/h2-11,21H,1H3. The molecular formula is C17H14F3NO. The van der Waals surface area contributed by atoms with Gasteiger partial charge in [0, 0.05) is 23.5 Å². The average molecular weight is 305 g/mol. The molecule has 0 radical (unpaired) electrons. The monoisotopic (exact) mass is 305 g/mol.